The Morgan fingerprint density at radius 1 is 1.28 bits per heavy atom. The molecule has 0 saturated heterocycles. The van der Waals surface area contributed by atoms with Crippen molar-refractivity contribution in [2.75, 3.05) is 11.1 Å². The van der Waals surface area contributed by atoms with Gasteiger partial charge in [-0.25, -0.2) is 14.9 Å². The molecule has 9 heteroatoms. The Morgan fingerprint density at radius 2 is 2.12 bits per heavy atom. The third kappa shape index (κ3) is 3.12. The molecule has 126 valence electrons. The summed E-state index contributed by atoms with van der Waals surface area (Å²) >= 11 is 3.67. The fraction of sp³-hybridized carbons (Fsp3) is 0.0625. The average Bonchev–Trinajstić information content (AvgIpc) is 3.13. The zero-order valence-corrected chi connectivity index (χ0v) is 15.9. The lowest BCUT2D eigenvalue weighted by atomic mass is 10.1. The second-order valence-corrected chi connectivity index (χ2v) is 7.73. The number of thiazole rings is 1. The summed E-state index contributed by atoms with van der Waals surface area (Å²) in [7, 11) is 0. The van der Waals surface area contributed by atoms with Gasteiger partial charge >= 0.3 is 5.76 Å². The molecule has 2 aromatic carbocycles. The van der Waals surface area contributed by atoms with Crippen LogP contribution in [0.15, 0.2) is 39.5 Å². The number of hydrogen-bond donors (Lipinski definition) is 3. The molecule has 4 aromatic rings. The number of rotatable bonds is 3. The Bertz CT molecular complexity index is 1150. The number of hydrogen-bond acceptors (Lipinski definition) is 7. The van der Waals surface area contributed by atoms with E-state index in [1.807, 2.05) is 31.2 Å². The number of H-pyrrole nitrogens is 1. The van der Waals surface area contributed by atoms with Crippen LogP contribution in [-0.2, 0) is 0 Å². The van der Waals surface area contributed by atoms with Crippen LogP contribution in [0.2, 0.25) is 0 Å². The first kappa shape index (κ1) is 16.1. The van der Waals surface area contributed by atoms with Gasteiger partial charge in [-0.15, -0.1) is 5.10 Å². The monoisotopic (exact) mass is 465 g/mol. The van der Waals surface area contributed by atoms with Gasteiger partial charge in [0.15, 0.2) is 5.13 Å². The molecule has 25 heavy (non-hydrogen) atoms. The maximum atomic E-state index is 11.4. The molecule has 0 atom stereocenters. The minimum atomic E-state index is -0.607. The SMILES string of the molecule is Cc1cc(I)ccc1Nc1cc2sc(N)nc2cc1-c1n[nH]c(=O)o1. The van der Waals surface area contributed by atoms with Gasteiger partial charge in [-0.05, 0) is 65.4 Å². The quantitative estimate of drug-likeness (QED) is 0.397. The predicted octanol–water partition coefficient (Wildman–Crippen LogP) is 3.88. The topological polar surface area (TPSA) is 110 Å². The molecule has 0 amide bonds. The summed E-state index contributed by atoms with van der Waals surface area (Å²) in [6.45, 7) is 2.03. The van der Waals surface area contributed by atoms with Crippen molar-refractivity contribution in [1.29, 1.82) is 0 Å². The van der Waals surface area contributed by atoms with Gasteiger partial charge in [0.2, 0.25) is 0 Å². The predicted molar refractivity (Wildman–Crippen MR) is 107 cm³/mol. The van der Waals surface area contributed by atoms with E-state index in [9.17, 15) is 4.79 Å². The first-order valence-corrected chi connectivity index (χ1v) is 9.18. The standard InChI is InChI=1S/C16H12IN5O2S/c1-7-4-8(17)2-3-10(7)19-11-6-13-12(20-15(18)25-13)5-9(11)14-21-22-16(23)24-14/h2-6,19H,1H3,(H2,18,20)(H,22,23). The highest BCUT2D eigenvalue weighted by molar-refractivity contribution is 14.1. The molecule has 0 radical (unpaired) electrons. The summed E-state index contributed by atoms with van der Waals surface area (Å²) in [6, 6.07) is 9.86. The molecule has 0 aliphatic rings. The number of anilines is 3. The van der Waals surface area contributed by atoms with E-state index in [1.165, 1.54) is 11.3 Å². The molecule has 0 unspecified atom stereocenters. The number of nitrogen functional groups attached to an aromatic ring is 1. The first-order chi connectivity index (χ1) is 12.0. The Morgan fingerprint density at radius 3 is 2.84 bits per heavy atom. The second kappa shape index (κ2) is 6.15. The van der Waals surface area contributed by atoms with Crippen LogP contribution in [0, 0.1) is 10.5 Å². The molecule has 0 aliphatic heterocycles. The smallest absolute Gasteiger partial charge is 0.388 e. The molecule has 0 bridgehead atoms. The lowest BCUT2D eigenvalue weighted by molar-refractivity contribution is 0.527. The van der Waals surface area contributed by atoms with Gasteiger partial charge in [-0.3, -0.25) is 0 Å². The Kier molecular flexibility index (Phi) is 3.96. The highest BCUT2D eigenvalue weighted by Crippen LogP contribution is 2.36. The van der Waals surface area contributed by atoms with E-state index < -0.39 is 5.76 Å². The number of aromatic amines is 1. The van der Waals surface area contributed by atoms with E-state index in [1.54, 1.807) is 0 Å². The summed E-state index contributed by atoms with van der Waals surface area (Å²) in [5.74, 6) is -0.409. The number of fused-ring (bicyclic) bond motifs is 1. The molecule has 4 rings (SSSR count). The van der Waals surface area contributed by atoms with E-state index in [0.717, 1.165) is 30.7 Å². The third-order valence-electron chi connectivity index (χ3n) is 3.67. The van der Waals surface area contributed by atoms with Crippen LogP contribution >= 0.6 is 33.9 Å². The van der Waals surface area contributed by atoms with Crippen LogP contribution < -0.4 is 16.8 Å². The van der Waals surface area contributed by atoms with E-state index in [0.29, 0.717) is 10.7 Å². The number of nitrogens with one attached hydrogen (secondary N) is 2. The zero-order chi connectivity index (χ0) is 17.6. The lowest BCUT2D eigenvalue weighted by Gasteiger charge is -2.12. The van der Waals surface area contributed by atoms with Crippen molar-refractivity contribution < 1.29 is 4.42 Å². The van der Waals surface area contributed by atoms with Gasteiger partial charge < -0.3 is 15.5 Å². The maximum Gasteiger partial charge on any atom is 0.434 e. The number of aromatic nitrogens is 3. The molecule has 0 aliphatic carbocycles. The lowest BCUT2D eigenvalue weighted by Crippen LogP contribution is -1.96. The second-order valence-electron chi connectivity index (χ2n) is 5.42. The molecule has 4 N–H and O–H groups in total. The van der Waals surface area contributed by atoms with Gasteiger partial charge in [0, 0.05) is 9.26 Å². The van der Waals surface area contributed by atoms with Crippen molar-refractivity contribution in [3.63, 3.8) is 0 Å². The van der Waals surface area contributed by atoms with Crippen LogP contribution in [0.25, 0.3) is 21.7 Å². The van der Waals surface area contributed by atoms with E-state index in [-0.39, 0.29) is 5.89 Å². The Balaban J connectivity index is 1.89. The van der Waals surface area contributed by atoms with E-state index in [4.69, 9.17) is 10.2 Å². The molecule has 0 saturated carbocycles. The van der Waals surface area contributed by atoms with Crippen molar-refractivity contribution in [1.82, 2.24) is 15.2 Å². The highest BCUT2D eigenvalue weighted by atomic mass is 127. The number of nitrogens with two attached hydrogens (primary N) is 1. The van der Waals surface area contributed by atoms with Crippen molar-refractivity contribution >= 4 is 60.7 Å². The van der Waals surface area contributed by atoms with Crippen molar-refractivity contribution in [2.24, 2.45) is 0 Å². The molecule has 2 aromatic heterocycles. The number of nitrogens with zero attached hydrogens (tertiary/aromatic N) is 2. The highest BCUT2D eigenvalue weighted by Gasteiger charge is 2.16. The van der Waals surface area contributed by atoms with Gasteiger partial charge in [-0.2, -0.15) is 0 Å². The molecular formula is C16H12IN5O2S. The number of halogens is 1. The summed E-state index contributed by atoms with van der Waals surface area (Å²) in [6.07, 6.45) is 0. The Labute approximate surface area is 159 Å². The van der Waals surface area contributed by atoms with Crippen molar-refractivity contribution in [3.8, 4) is 11.5 Å². The van der Waals surface area contributed by atoms with Crippen molar-refractivity contribution in [3.05, 3.63) is 50.0 Å². The van der Waals surface area contributed by atoms with Crippen LogP contribution in [0.5, 0.6) is 0 Å². The van der Waals surface area contributed by atoms with Crippen molar-refractivity contribution in [2.45, 2.75) is 6.92 Å². The summed E-state index contributed by atoms with van der Waals surface area (Å²) in [5, 5.41) is 10.1. The van der Waals surface area contributed by atoms with Gasteiger partial charge in [0.25, 0.3) is 5.89 Å². The molecule has 2 heterocycles. The number of benzene rings is 2. The van der Waals surface area contributed by atoms with E-state index in [2.05, 4.69) is 49.2 Å². The maximum absolute atomic E-state index is 11.4. The van der Waals surface area contributed by atoms with Crippen LogP contribution in [0.4, 0.5) is 16.5 Å². The number of aryl methyl sites for hydroxylation is 1. The fourth-order valence-electron chi connectivity index (χ4n) is 2.53. The van der Waals surface area contributed by atoms with Gasteiger partial charge in [0.1, 0.15) is 0 Å². The molecule has 0 spiro atoms. The molecule has 0 fully saturated rings. The van der Waals surface area contributed by atoms with E-state index >= 15 is 0 Å². The normalized spacial score (nSPS) is 11.1. The molecular weight excluding hydrogens is 453 g/mol. The average molecular weight is 465 g/mol. The van der Waals surface area contributed by atoms with Crippen LogP contribution in [-0.4, -0.2) is 15.2 Å². The van der Waals surface area contributed by atoms with Gasteiger partial charge in [-0.1, -0.05) is 11.3 Å². The van der Waals surface area contributed by atoms with Crippen LogP contribution in [0.3, 0.4) is 0 Å². The minimum Gasteiger partial charge on any atom is -0.388 e. The van der Waals surface area contributed by atoms with Gasteiger partial charge in [0.05, 0.1) is 21.5 Å². The largest absolute Gasteiger partial charge is 0.434 e. The first-order valence-electron chi connectivity index (χ1n) is 7.29. The third-order valence-corrected chi connectivity index (χ3v) is 5.19. The molecule has 7 nitrogen and oxygen atoms in total. The summed E-state index contributed by atoms with van der Waals surface area (Å²) in [5.41, 5.74) is 10.00. The fourth-order valence-corrected chi connectivity index (χ4v) is 3.93. The minimum absolute atomic E-state index is 0.198. The van der Waals surface area contributed by atoms with Crippen LogP contribution in [0.1, 0.15) is 5.56 Å². The summed E-state index contributed by atoms with van der Waals surface area (Å²) < 4.78 is 7.23. The summed E-state index contributed by atoms with van der Waals surface area (Å²) in [4.78, 5) is 15.6. The Hall–Kier alpha value is -2.40. The zero-order valence-electron chi connectivity index (χ0n) is 13.0.